The van der Waals surface area contributed by atoms with E-state index in [1.54, 1.807) is 32.0 Å². The molecule has 0 spiro atoms. The Bertz CT molecular complexity index is 452. The molecule has 0 amide bonds. The van der Waals surface area contributed by atoms with E-state index in [1.807, 2.05) is 13.8 Å². The minimum absolute atomic E-state index is 0.0540. The van der Waals surface area contributed by atoms with Gasteiger partial charge in [0.1, 0.15) is 12.7 Å². The summed E-state index contributed by atoms with van der Waals surface area (Å²) in [5.41, 5.74) is -1.46. The summed E-state index contributed by atoms with van der Waals surface area (Å²) in [6.45, 7) is 7.49. The summed E-state index contributed by atoms with van der Waals surface area (Å²) in [5, 5.41) is 23.9. The summed E-state index contributed by atoms with van der Waals surface area (Å²) in [6, 6.07) is 5.07. The van der Waals surface area contributed by atoms with E-state index < -0.39 is 17.2 Å². The van der Waals surface area contributed by atoms with Crippen molar-refractivity contribution in [3.8, 4) is 5.75 Å². The van der Waals surface area contributed by atoms with Gasteiger partial charge in [0.15, 0.2) is 5.75 Å². The van der Waals surface area contributed by atoms with E-state index in [9.17, 15) is 10.2 Å². The monoisotopic (exact) mass is 335 g/mol. The van der Waals surface area contributed by atoms with Crippen LogP contribution in [0.15, 0.2) is 18.2 Å². The predicted molar refractivity (Wildman–Crippen MR) is 86.3 cm³/mol. The van der Waals surface area contributed by atoms with E-state index in [4.69, 9.17) is 27.9 Å². The first-order chi connectivity index (χ1) is 9.54. The van der Waals surface area contributed by atoms with Crippen molar-refractivity contribution in [3.63, 3.8) is 0 Å². The Morgan fingerprint density at radius 3 is 2.19 bits per heavy atom. The lowest BCUT2D eigenvalue weighted by Gasteiger charge is -2.38. The van der Waals surface area contributed by atoms with Gasteiger partial charge >= 0.3 is 0 Å². The molecule has 0 fully saturated rings. The lowest BCUT2D eigenvalue weighted by Crippen LogP contribution is -2.57. The Kier molecular flexibility index (Phi) is 6.32. The Balaban J connectivity index is 2.50. The van der Waals surface area contributed by atoms with Crippen molar-refractivity contribution in [3.05, 3.63) is 28.2 Å². The molecule has 1 atom stereocenters. The van der Waals surface area contributed by atoms with Crippen LogP contribution in [-0.2, 0) is 0 Å². The Labute approximate surface area is 136 Å². The molecule has 3 N–H and O–H groups in total. The average molecular weight is 336 g/mol. The summed E-state index contributed by atoms with van der Waals surface area (Å²) in [6.07, 6.45) is -0.751. The van der Waals surface area contributed by atoms with Gasteiger partial charge in [0.2, 0.25) is 0 Å². The van der Waals surface area contributed by atoms with Crippen LogP contribution in [0.3, 0.4) is 0 Å². The molecular formula is C15H23Cl2NO3. The first-order valence-corrected chi connectivity index (χ1v) is 7.52. The first-order valence-electron chi connectivity index (χ1n) is 6.77. The minimum Gasteiger partial charge on any atom is -0.488 e. The Hall–Kier alpha value is -0.520. The quantitative estimate of drug-likeness (QED) is 0.717. The third kappa shape index (κ3) is 5.31. The van der Waals surface area contributed by atoms with Crippen LogP contribution in [-0.4, -0.2) is 40.6 Å². The molecule has 0 aliphatic carbocycles. The molecule has 0 aliphatic rings. The van der Waals surface area contributed by atoms with Gasteiger partial charge in [0.25, 0.3) is 0 Å². The topological polar surface area (TPSA) is 61.7 Å². The van der Waals surface area contributed by atoms with Crippen LogP contribution in [0.1, 0.15) is 27.7 Å². The highest BCUT2D eigenvalue weighted by Crippen LogP contribution is 2.32. The molecule has 120 valence electrons. The fraction of sp³-hybridized carbons (Fsp3) is 0.600. The lowest BCUT2D eigenvalue weighted by molar-refractivity contribution is -0.0120. The molecule has 0 aromatic heterocycles. The van der Waals surface area contributed by atoms with Crippen molar-refractivity contribution >= 4 is 23.2 Å². The van der Waals surface area contributed by atoms with Gasteiger partial charge in [-0.1, -0.05) is 29.3 Å². The van der Waals surface area contributed by atoms with Crippen LogP contribution in [0.25, 0.3) is 0 Å². The zero-order valence-corrected chi connectivity index (χ0v) is 14.3. The minimum atomic E-state index is -0.917. The summed E-state index contributed by atoms with van der Waals surface area (Å²) in [5.74, 6) is 0.363. The number of hydrogen-bond acceptors (Lipinski definition) is 4. The highest BCUT2D eigenvalue weighted by atomic mass is 35.5. The van der Waals surface area contributed by atoms with Crippen LogP contribution >= 0.6 is 23.2 Å². The van der Waals surface area contributed by atoms with Gasteiger partial charge in [-0.2, -0.15) is 0 Å². The molecule has 1 aromatic rings. The molecule has 21 heavy (non-hydrogen) atoms. The molecule has 0 radical (unpaired) electrons. The molecule has 0 bridgehead atoms. The summed E-state index contributed by atoms with van der Waals surface area (Å²) < 4.78 is 5.46. The Morgan fingerprint density at radius 2 is 1.71 bits per heavy atom. The Morgan fingerprint density at radius 1 is 1.19 bits per heavy atom. The highest BCUT2D eigenvalue weighted by Gasteiger charge is 2.34. The molecule has 6 heteroatoms. The highest BCUT2D eigenvalue weighted by molar-refractivity contribution is 6.37. The SMILES string of the molecule is CC(C)(O)C(C)(C)NCC(O)COc1c(Cl)cccc1Cl. The van der Waals surface area contributed by atoms with Gasteiger partial charge in [0.05, 0.1) is 15.6 Å². The molecular weight excluding hydrogens is 313 g/mol. The number of halogens is 2. The lowest BCUT2D eigenvalue weighted by atomic mass is 9.86. The maximum Gasteiger partial charge on any atom is 0.156 e. The van der Waals surface area contributed by atoms with Gasteiger partial charge in [-0.05, 0) is 39.8 Å². The summed E-state index contributed by atoms with van der Waals surface area (Å²) in [4.78, 5) is 0. The second-order valence-corrected chi connectivity index (χ2v) is 6.89. The number of aliphatic hydroxyl groups is 2. The number of para-hydroxylation sites is 1. The maximum atomic E-state index is 10.0. The van der Waals surface area contributed by atoms with Crippen molar-refractivity contribution in [2.75, 3.05) is 13.2 Å². The number of hydrogen-bond donors (Lipinski definition) is 3. The molecule has 0 saturated heterocycles. The zero-order chi connectivity index (χ0) is 16.3. The number of nitrogens with one attached hydrogen (secondary N) is 1. The number of aliphatic hydroxyl groups excluding tert-OH is 1. The van der Waals surface area contributed by atoms with Crippen LogP contribution < -0.4 is 10.1 Å². The van der Waals surface area contributed by atoms with Gasteiger partial charge in [-0.25, -0.2) is 0 Å². The smallest absolute Gasteiger partial charge is 0.156 e. The predicted octanol–water partition coefficient (Wildman–Crippen LogP) is 2.87. The normalized spacial score (nSPS) is 14.1. The largest absolute Gasteiger partial charge is 0.488 e. The zero-order valence-electron chi connectivity index (χ0n) is 12.8. The van der Waals surface area contributed by atoms with Gasteiger partial charge in [-0.3, -0.25) is 0 Å². The van der Waals surface area contributed by atoms with E-state index in [0.717, 1.165) is 0 Å². The van der Waals surface area contributed by atoms with E-state index in [-0.39, 0.29) is 13.2 Å². The first kappa shape index (κ1) is 18.5. The standard InChI is InChI=1S/C15H23Cl2NO3/c1-14(2,15(3,4)20)18-8-10(19)9-21-13-11(16)6-5-7-12(13)17/h5-7,10,18-20H,8-9H2,1-4H3. The molecule has 1 aromatic carbocycles. The maximum absolute atomic E-state index is 10.0. The number of ether oxygens (including phenoxy) is 1. The number of β-amino-alcohol motifs (C(OH)–C–C–N with tert-alkyl or cyclic N) is 1. The van der Waals surface area contributed by atoms with Crippen molar-refractivity contribution in [1.29, 1.82) is 0 Å². The fourth-order valence-corrected chi connectivity index (χ4v) is 1.95. The average Bonchev–Trinajstić information content (AvgIpc) is 2.34. The molecule has 1 rings (SSSR count). The van der Waals surface area contributed by atoms with Crippen LogP contribution in [0.4, 0.5) is 0 Å². The van der Waals surface area contributed by atoms with Crippen molar-refractivity contribution in [1.82, 2.24) is 5.32 Å². The van der Waals surface area contributed by atoms with E-state index >= 15 is 0 Å². The van der Waals surface area contributed by atoms with Gasteiger partial charge < -0.3 is 20.3 Å². The third-order valence-corrected chi connectivity index (χ3v) is 4.24. The van der Waals surface area contributed by atoms with E-state index in [1.165, 1.54) is 0 Å². The fourth-order valence-electron chi connectivity index (χ4n) is 1.45. The second kappa shape index (κ2) is 7.16. The summed E-state index contributed by atoms with van der Waals surface area (Å²) >= 11 is 12.0. The van der Waals surface area contributed by atoms with E-state index in [0.29, 0.717) is 15.8 Å². The van der Waals surface area contributed by atoms with E-state index in [2.05, 4.69) is 5.32 Å². The van der Waals surface area contributed by atoms with Crippen molar-refractivity contribution in [2.45, 2.75) is 44.9 Å². The van der Waals surface area contributed by atoms with Crippen LogP contribution in [0, 0.1) is 0 Å². The number of benzene rings is 1. The second-order valence-electron chi connectivity index (χ2n) is 6.08. The molecule has 4 nitrogen and oxygen atoms in total. The molecule has 0 aliphatic heterocycles. The van der Waals surface area contributed by atoms with Gasteiger partial charge in [0, 0.05) is 12.1 Å². The van der Waals surface area contributed by atoms with Crippen LogP contribution in [0.5, 0.6) is 5.75 Å². The summed E-state index contributed by atoms with van der Waals surface area (Å²) in [7, 11) is 0. The van der Waals surface area contributed by atoms with Crippen molar-refractivity contribution < 1.29 is 14.9 Å². The molecule has 0 saturated carbocycles. The third-order valence-electron chi connectivity index (χ3n) is 3.65. The molecule has 0 heterocycles. The van der Waals surface area contributed by atoms with Crippen LogP contribution in [0.2, 0.25) is 10.0 Å². The van der Waals surface area contributed by atoms with Gasteiger partial charge in [-0.15, -0.1) is 0 Å². The van der Waals surface area contributed by atoms with Crippen molar-refractivity contribution in [2.24, 2.45) is 0 Å². The molecule has 1 unspecified atom stereocenters. The number of rotatable bonds is 7.